The van der Waals surface area contributed by atoms with Gasteiger partial charge in [0, 0.05) is 17.3 Å². The van der Waals surface area contributed by atoms with Crippen LogP contribution in [0.3, 0.4) is 0 Å². The van der Waals surface area contributed by atoms with E-state index in [4.69, 9.17) is 0 Å². The van der Waals surface area contributed by atoms with Gasteiger partial charge in [-0.05, 0) is 19.9 Å². The Bertz CT molecular complexity index is 570. The summed E-state index contributed by atoms with van der Waals surface area (Å²) in [6.07, 6.45) is 4.55. The van der Waals surface area contributed by atoms with E-state index in [2.05, 4.69) is 15.3 Å². The van der Waals surface area contributed by atoms with E-state index in [0.29, 0.717) is 5.69 Å². The Morgan fingerprint density at radius 3 is 2.89 bits per heavy atom. The molecular weight excluding hydrogens is 252 g/mol. The second-order valence-electron chi connectivity index (χ2n) is 3.83. The number of hydrogen-bond donors (Lipinski definition) is 1. The summed E-state index contributed by atoms with van der Waals surface area (Å²) in [6, 6.07) is 1.51. The van der Waals surface area contributed by atoms with Gasteiger partial charge in [0.1, 0.15) is 16.9 Å². The summed E-state index contributed by atoms with van der Waals surface area (Å²) < 4.78 is 0. The minimum absolute atomic E-state index is 0.0300. The topological polar surface area (TPSA) is 81.0 Å². The Labute approximate surface area is 108 Å². The third kappa shape index (κ3) is 2.62. The zero-order valence-corrected chi connectivity index (χ0v) is 10.8. The van der Waals surface area contributed by atoms with Crippen molar-refractivity contribution in [2.45, 2.75) is 19.9 Å². The fourth-order valence-electron chi connectivity index (χ4n) is 1.52. The van der Waals surface area contributed by atoms with Crippen molar-refractivity contribution in [2.75, 3.05) is 5.32 Å². The van der Waals surface area contributed by atoms with Crippen molar-refractivity contribution in [3.8, 4) is 0 Å². The van der Waals surface area contributed by atoms with Crippen molar-refractivity contribution in [3.05, 3.63) is 44.7 Å². The normalized spacial score (nSPS) is 12.1. The molecule has 2 rings (SSSR count). The SMILES string of the molecule is Cc1cnc(C(C)Nc2ccncc2[N+](=O)[O-])s1. The summed E-state index contributed by atoms with van der Waals surface area (Å²) in [5.41, 5.74) is 0.424. The molecule has 0 amide bonds. The lowest BCUT2D eigenvalue weighted by Crippen LogP contribution is -2.08. The molecule has 18 heavy (non-hydrogen) atoms. The number of aromatic nitrogens is 2. The van der Waals surface area contributed by atoms with Crippen molar-refractivity contribution in [1.82, 2.24) is 9.97 Å². The van der Waals surface area contributed by atoms with Crippen LogP contribution in [0.25, 0.3) is 0 Å². The molecule has 0 bridgehead atoms. The van der Waals surface area contributed by atoms with Crippen LogP contribution in [-0.2, 0) is 0 Å². The third-order valence-electron chi connectivity index (χ3n) is 2.38. The quantitative estimate of drug-likeness (QED) is 0.678. The highest BCUT2D eigenvalue weighted by Crippen LogP contribution is 2.28. The molecule has 0 fully saturated rings. The number of anilines is 1. The van der Waals surface area contributed by atoms with Gasteiger partial charge in [-0.15, -0.1) is 11.3 Å². The van der Waals surface area contributed by atoms with Crippen LogP contribution < -0.4 is 5.32 Å². The van der Waals surface area contributed by atoms with Crippen LogP contribution in [0, 0.1) is 17.0 Å². The van der Waals surface area contributed by atoms with Crippen molar-refractivity contribution >= 4 is 22.7 Å². The van der Waals surface area contributed by atoms with Crippen molar-refractivity contribution < 1.29 is 4.92 Å². The second-order valence-corrected chi connectivity index (χ2v) is 5.09. The Balaban J connectivity index is 2.21. The summed E-state index contributed by atoms with van der Waals surface area (Å²) in [5.74, 6) is 0. The van der Waals surface area contributed by atoms with Crippen LogP contribution in [0.2, 0.25) is 0 Å². The highest BCUT2D eigenvalue weighted by Gasteiger charge is 2.17. The first-order valence-electron chi connectivity index (χ1n) is 5.35. The molecule has 0 saturated heterocycles. The number of aryl methyl sites for hydroxylation is 1. The first-order chi connectivity index (χ1) is 8.58. The van der Waals surface area contributed by atoms with Gasteiger partial charge in [0.05, 0.1) is 11.0 Å². The van der Waals surface area contributed by atoms with E-state index in [1.165, 1.54) is 12.4 Å². The highest BCUT2D eigenvalue weighted by atomic mass is 32.1. The smallest absolute Gasteiger partial charge is 0.310 e. The molecule has 2 aromatic rings. The van der Waals surface area contributed by atoms with E-state index < -0.39 is 4.92 Å². The van der Waals surface area contributed by atoms with Crippen LogP contribution in [0.5, 0.6) is 0 Å². The Morgan fingerprint density at radius 1 is 1.50 bits per heavy atom. The fourth-order valence-corrected chi connectivity index (χ4v) is 2.30. The number of nitrogens with one attached hydrogen (secondary N) is 1. The third-order valence-corrected chi connectivity index (χ3v) is 3.47. The van der Waals surface area contributed by atoms with Gasteiger partial charge in [0.2, 0.25) is 0 Å². The summed E-state index contributed by atoms with van der Waals surface area (Å²) in [5, 5.41) is 14.8. The van der Waals surface area contributed by atoms with E-state index in [9.17, 15) is 10.1 Å². The minimum Gasteiger partial charge on any atom is -0.370 e. The van der Waals surface area contributed by atoms with E-state index >= 15 is 0 Å². The molecule has 1 N–H and O–H groups in total. The number of thiazole rings is 1. The van der Waals surface area contributed by atoms with Gasteiger partial charge in [0.15, 0.2) is 0 Å². The number of pyridine rings is 1. The molecule has 2 heterocycles. The average molecular weight is 264 g/mol. The van der Waals surface area contributed by atoms with Crippen LogP contribution >= 0.6 is 11.3 Å². The van der Waals surface area contributed by atoms with Crippen molar-refractivity contribution in [3.63, 3.8) is 0 Å². The fraction of sp³-hybridized carbons (Fsp3) is 0.273. The molecule has 0 aliphatic heterocycles. The predicted octanol–water partition coefficient (Wildman–Crippen LogP) is 2.93. The maximum Gasteiger partial charge on any atom is 0.310 e. The zero-order chi connectivity index (χ0) is 13.1. The molecular formula is C11H12N4O2S. The average Bonchev–Trinajstić information content (AvgIpc) is 2.76. The molecule has 0 aromatic carbocycles. The molecule has 7 heteroatoms. The van der Waals surface area contributed by atoms with Gasteiger partial charge >= 0.3 is 5.69 Å². The lowest BCUT2D eigenvalue weighted by atomic mass is 10.3. The van der Waals surface area contributed by atoms with Crippen LogP contribution in [-0.4, -0.2) is 14.9 Å². The van der Waals surface area contributed by atoms with Crippen LogP contribution in [0.4, 0.5) is 11.4 Å². The predicted molar refractivity (Wildman–Crippen MR) is 69.8 cm³/mol. The Morgan fingerprint density at radius 2 is 2.28 bits per heavy atom. The van der Waals surface area contributed by atoms with E-state index in [1.54, 1.807) is 23.6 Å². The number of hydrogen-bond acceptors (Lipinski definition) is 6. The summed E-state index contributed by atoms with van der Waals surface area (Å²) in [4.78, 5) is 19.5. The van der Waals surface area contributed by atoms with Crippen molar-refractivity contribution in [1.29, 1.82) is 0 Å². The molecule has 1 unspecified atom stereocenters. The maximum absolute atomic E-state index is 10.9. The van der Waals surface area contributed by atoms with Gasteiger partial charge in [-0.25, -0.2) is 4.98 Å². The summed E-state index contributed by atoms with van der Waals surface area (Å²) >= 11 is 1.57. The number of nitrogens with zero attached hydrogens (tertiary/aromatic N) is 3. The summed E-state index contributed by atoms with van der Waals surface area (Å²) in [6.45, 7) is 3.89. The molecule has 0 radical (unpaired) electrons. The molecule has 94 valence electrons. The summed E-state index contributed by atoms with van der Waals surface area (Å²) in [7, 11) is 0. The molecule has 2 aromatic heterocycles. The van der Waals surface area contributed by atoms with Gasteiger partial charge in [0.25, 0.3) is 0 Å². The van der Waals surface area contributed by atoms with E-state index in [0.717, 1.165) is 9.88 Å². The lowest BCUT2D eigenvalue weighted by Gasteiger charge is -2.12. The van der Waals surface area contributed by atoms with Crippen LogP contribution in [0.15, 0.2) is 24.7 Å². The van der Waals surface area contributed by atoms with Gasteiger partial charge in [-0.1, -0.05) is 0 Å². The van der Waals surface area contributed by atoms with Crippen molar-refractivity contribution in [2.24, 2.45) is 0 Å². The maximum atomic E-state index is 10.9. The molecule has 0 saturated carbocycles. The molecule has 0 aliphatic carbocycles. The number of rotatable bonds is 4. The molecule has 1 atom stereocenters. The first-order valence-corrected chi connectivity index (χ1v) is 6.17. The van der Waals surface area contributed by atoms with Crippen LogP contribution in [0.1, 0.15) is 22.9 Å². The van der Waals surface area contributed by atoms with Gasteiger partial charge in [-0.2, -0.15) is 0 Å². The van der Waals surface area contributed by atoms with E-state index in [-0.39, 0.29) is 11.7 Å². The largest absolute Gasteiger partial charge is 0.370 e. The Hall–Kier alpha value is -2.02. The standard InChI is InChI=1S/C11H12N4O2S/c1-7-5-13-11(18-7)8(2)14-9-3-4-12-6-10(9)15(16)17/h3-6,8H,1-2H3,(H,12,14). The Kier molecular flexibility index (Phi) is 3.52. The first kappa shape index (κ1) is 12.4. The molecule has 0 aliphatic rings. The second kappa shape index (κ2) is 5.09. The van der Waals surface area contributed by atoms with Gasteiger partial charge in [-0.3, -0.25) is 15.1 Å². The zero-order valence-electron chi connectivity index (χ0n) is 9.95. The molecule has 0 spiro atoms. The lowest BCUT2D eigenvalue weighted by molar-refractivity contribution is -0.384. The monoisotopic (exact) mass is 264 g/mol. The number of nitro groups is 1. The minimum atomic E-state index is -0.449. The van der Waals surface area contributed by atoms with Gasteiger partial charge < -0.3 is 5.32 Å². The molecule has 6 nitrogen and oxygen atoms in total. The highest BCUT2D eigenvalue weighted by molar-refractivity contribution is 7.11. The van der Waals surface area contributed by atoms with E-state index in [1.807, 2.05) is 13.8 Å².